The van der Waals surface area contributed by atoms with Gasteiger partial charge in [0.15, 0.2) is 0 Å². The van der Waals surface area contributed by atoms with Crippen LogP contribution in [0.1, 0.15) is 41.1 Å². The van der Waals surface area contributed by atoms with E-state index in [1.54, 1.807) is 6.20 Å². The second-order valence-corrected chi connectivity index (χ2v) is 11.4. The number of aromatic nitrogens is 2. The van der Waals surface area contributed by atoms with Gasteiger partial charge < -0.3 is 20.6 Å². The Labute approximate surface area is 250 Å². The summed E-state index contributed by atoms with van der Waals surface area (Å²) in [6.45, 7) is 1.63. The quantitative estimate of drug-likeness (QED) is 0.223. The lowest BCUT2D eigenvalue weighted by Crippen LogP contribution is -2.35. The third kappa shape index (κ3) is 5.74. The normalized spacial score (nSPS) is 18.4. The molecular formula is C35H33N5O3. The number of fused-ring (bicyclic) bond motifs is 1. The zero-order valence-electron chi connectivity index (χ0n) is 23.7. The van der Waals surface area contributed by atoms with Gasteiger partial charge in [-0.2, -0.15) is 5.10 Å². The number of nitrogens with zero attached hydrogens (tertiary/aromatic N) is 3. The summed E-state index contributed by atoms with van der Waals surface area (Å²) in [6.07, 6.45) is 3.98. The molecule has 7 rings (SSSR count). The molecule has 3 N–H and O–H groups in total. The smallest absolute Gasteiger partial charge is 0.255 e. The van der Waals surface area contributed by atoms with Crippen LogP contribution in [0.2, 0.25) is 0 Å². The maximum absolute atomic E-state index is 12.9. The number of hydrogen-bond donors (Lipinski definition) is 3. The minimum Gasteiger partial charge on any atom is -0.393 e. The van der Waals surface area contributed by atoms with Gasteiger partial charge in [0.1, 0.15) is 0 Å². The number of aliphatic hydroxyl groups excluding tert-OH is 1. The van der Waals surface area contributed by atoms with E-state index in [0.717, 1.165) is 60.3 Å². The Morgan fingerprint density at radius 3 is 2.23 bits per heavy atom. The largest absolute Gasteiger partial charge is 0.393 e. The number of piperidine rings is 1. The summed E-state index contributed by atoms with van der Waals surface area (Å²) in [7, 11) is 0. The molecule has 0 bridgehead atoms. The zero-order valence-corrected chi connectivity index (χ0v) is 23.7. The fourth-order valence-corrected chi connectivity index (χ4v) is 5.94. The first kappa shape index (κ1) is 26.9. The number of amides is 2. The van der Waals surface area contributed by atoms with Gasteiger partial charge in [-0.15, -0.1) is 0 Å². The topological polar surface area (TPSA) is 99.5 Å². The molecule has 8 heteroatoms. The fourth-order valence-electron chi connectivity index (χ4n) is 5.94. The first-order chi connectivity index (χ1) is 21.0. The average molecular weight is 572 g/mol. The van der Waals surface area contributed by atoms with Crippen molar-refractivity contribution in [1.29, 1.82) is 0 Å². The van der Waals surface area contributed by atoms with E-state index in [4.69, 9.17) is 0 Å². The molecule has 5 aromatic rings. The third-order valence-corrected chi connectivity index (χ3v) is 8.52. The van der Waals surface area contributed by atoms with Gasteiger partial charge in [0.2, 0.25) is 5.91 Å². The van der Waals surface area contributed by atoms with Crippen molar-refractivity contribution in [3.63, 3.8) is 0 Å². The molecule has 4 aromatic carbocycles. The zero-order chi connectivity index (χ0) is 29.3. The number of anilines is 3. The molecule has 2 heterocycles. The van der Waals surface area contributed by atoms with Gasteiger partial charge >= 0.3 is 0 Å². The van der Waals surface area contributed by atoms with E-state index in [9.17, 15) is 14.7 Å². The lowest BCUT2D eigenvalue weighted by molar-refractivity contribution is -0.117. The minimum absolute atomic E-state index is 0.0154. The Hall–Kier alpha value is -4.95. The number of carbonyl (C=O) groups is 2. The molecule has 0 spiro atoms. The van der Waals surface area contributed by atoms with Crippen molar-refractivity contribution in [3.05, 3.63) is 114 Å². The van der Waals surface area contributed by atoms with E-state index < -0.39 is 0 Å². The maximum Gasteiger partial charge on any atom is 0.255 e. The van der Waals surface area contributed by atoms with Gasteiger partial charge in [-0.25, -0.2) is 4.68 Å². The van der Waals surface area contributed by atoms with Crippen LogP contribution in [0, 0.1) is 5.92 Å². The van der Waals surface area contributed by atoms with Crippen LogP contribution in [0.15, 0.2) is 103 Å². The molecule has 2 unspecified atom stereocenters. The molecule has 0 radical (unpaired) electrons. The van der Waals surface area contributed by atoms with E-state index in [2.05, 4.69) is 32.8 Å². The molecule has 1 aliphatic carbocycles. The number of benzene rings is 4. The molecule has 8 nitrogen and oxygen atoms in total. The minimum atomic E-state index is -0.216. The lowest BCUT2D eigenvalue weighted by atomic mass is 10.1. The van der Waals surface area contributed by atoms with Gasteiger partial charge in [0.25, 0.3) is 5.91 Å². The standard InChI is InChI=1S/C35H33N5O3/c41-30-16-18-39(19-17-30)28-11-6-24(7-12-28)34(42)38-27-10-15-33-25(20-27)22-36-40(33)29-13-8-26(9-14-29)37-35(43)32-21-31(32)23-4-2-1-3-5-23/h1-15,20,22,30-32,41H,16-19,21H2,(H,37,43)(H,38,42). The van der Waals surface area contributed by atoms with Crippen LogP contribution in [-0.2, 0) is 4.79 Å². The van der Waals surface area contributed by atoms with Gasteiger partial charge in [0.05, 0.1) is 23.5 Å². The van der Waals surface area contributed by atoms with Crippen molar-refractivity contribution in [1.82, 2.24) is 9.78 Å². The predicted molar refractivity (Wildman–Crippen MR) is 169 cm³/mol. The molecule has 1 aliphatic heterocycles. The summed E-state index contributed by atoms with van der Waals surface area (Å²) in [5.74, 6) is 0.194. The first-order valence-electron chi connectivity index (χ1n) is 14.8. The Morgan fingerprint density at radius 2 is 1.49 bits per heavy atom. The van der Waals surface area contributed by atoms with Crippen molar-refractivity contribution < 1.29 is 14.7 Å². The SMILES string of the molecule is O=C(Nc1ccc2c(cnn2-c2ccc(NC(=O)C3CC3c3ccccc3)cc2)c1)c1ccc(N2CCC(O)CC2)cc1. The molecule has 1 saturated heterocycles. The number of rotatable bonds is 7. The van der Waals surface area contributed by atoms with E-state index in [1.807, 2.05) is 89.6 Å². The summed E-state index contributed by atoms with van der Waals surface area (Å²) in [5.41, 5.74) is 6.11. The van der Waals surface area contributed by atoms with Crippen molar-refractivity contribution >= 4 is 39.8 Å². The third-order valence-electron chi connectivity index (χ3n) is 8.52. The van der Waals surface area contributed by atoms with E-state index in [0.29, 0.717) is 17.2 Å². The maximum atomic E-state index is 12.9. The van der Waals surface area contributed by atoms with Crippen molar-refractivity contribution in [2.75, 3.05) is 28.6 Å². The van der Waals surface area contributed by atoms with Gasteiger partial charge in [-0.05, 0) is 97.5 Å². The van der Waals surface area contributed by atoms with Crippen molar-refractivity contribution in [2.45, 2.75) is 31.3 Å². The molecule has 43 heavy (non-hydrogen) atoms. The number of nitrogens with one attached hydrogen (secondary N) is 2. The highest BCUT2D eigenvalue weighted by Crippen LogP contribution is 2.47. The van der Waals surface area contributed by atoms with Gasteiger partial charge in [0, 0.05) is 47.0 Å². The van der Waals surface area contributed by atoms with Gasteiger partial charge in [-0.1, -0.05) is 30.3 Å². The summed E-state index contributed by atoms with van der Waals surface area (Å²) in [4.78, 5) is 27.9. The summed E-state index contributed by atoms with van der Waals surface area (Å²) in [5, 5.41) is 21.3. The van der Waals surface area contributed by atoms with E-state index in [-0.39, 0.29) is 23.8 Å². The predicted octanol–water partition coefficient (Wildman–Crippen LogP) is 5.98. The number of aliphatic hydroxyl groups is 1. The molecular weight excluding hydrogens is 538 g/mol. The van der Waals surface area contributed by atoms with Crippen LogP contribution < -0.4 is 15.5 Å². The molecule has 216 valence electrons. The van der Waals surface area contributed by atoms with E-state index >= 15 is 0 Å². The van der Waals surface area contributed by atoms with Crippen LogP contribution in [0.4, 0.5) is 17.1 Å². The number of carbonyl (C=O) groups excluding carboxylic acids is 2. The molecule has 2 atom stereocenters. The highest BCUT2D eigenvalue weighted by Gasteiger charge is 2.43. The fraction of sp³-hybridized carbons (Fsp3) is 0.229. The summed E-state index contributed by atoms with van der Waals surface area (Å²) >= 11 is 0. The van der Waals surface area contributed by atoms with Crippen LogP contribution in [0.5, 0.6) is 0 Å². The van der Waals surface area contributed by atoms with Crippen LogP contribution in [0.3, 0.4) is 0 Å². The Kier molecular flexibility index (Phi) is 7.12. The van der Waals surface area contributed by atoms with E-state index in [1.165, 1.54) is 5.56 Å². The van der Waals surface area contributed by atoms with Crippen LogP contribution in [-0.4, -0.2) is 45.9 Å². The van der Waals surface area contributed by atoms with Crippen LogP contribution >= 0.6 is 0 Å². The molecule has 1 aromatic heterocycles. The van der Waals surface area contributed by atoms with Crippen molar-refractivity contribution in [3.8, 4) is 5.69 Å². The highest BCUT2D eigenvalue weighted by molar-refractivity contribution is 6.05. The molecule has 2 fully saturated rings. The summed E-state index contributed by atoms with van der Waals surface area (Å²) in [6, 6.07) is 31.2. The lowest BCUT2D eigenvalue weighted by Gasteiger charge is -2.31. The second kappa shape index (κ2) is 11.4. The Balaban J connectivity index is 0.980. The molecule has 2 aliphatic rings. The summed E-state index contributed by atoms with van der Waals surface area (Å²) < 4.78 is 1.84. The average Bonchev–Trinajstić information content (AvgIpc) is 3.75. The first-order valence-corrected chi connectivity index (χ1v) is 14.8. The molecule has 2 amide bonds. The van der Waals surface area contributed by atoms with Crippen LogP contribution in [0.25, 0.3) is 16.6 Å². The number of hydrogen-bond acceptors (Lipinski definition) is 5. The Bertz CT molecular complexity index is 1760. The van der Waals surface area contributed by atoms with Crippen molar-refractivity contribution in [2.24, 2.45) is 5.92 Å². The monoisotopic (exact) mass is 571 g/mol. The highest BCUT2D eigenvalue weighted by atomic mass is 16.3. The molecule has 1 saturated carbocycles. The van der Waals surface area contributed by atoms with Gasteiger partial charge in [-0.3, -0.25) is 9.59 Å². The Morgan fingerprint density at radius 1 is 0.791 bits per heavy atom. The second-order valence-electron chi connectivity index (χ2n) is 11.4.